The summed E-state index contributed by atoms with van der Waals surface area (Å²) in [5.74, 6) is 0.399. The fraction of sp³-hybridized carbons (Fsp3) is 0.500. The quantitative estimate of drug-likeness (QED) is 0.791. The molecule has 0 spiro atoms. The molecular formula is C14H18O2. The van der Waals surface area contributed by atoms with Crippen molar-refractivity contribution in [2.45, 2.75) is 38.2 Å². The maximum Gasteiger partial charge on any atom is 0.150 e. The number of aldehydes is 1. The monoisotopic (exact) mass is 218 g/mol. The summed E-state index contributed by atoms with van der Waals surface area (Å²) < 4.78 is 0. The average molecular weight is 218 g/mol. The molecule has 2 rings (SSSR count). The van der Waals surface area contributed by atoms with Crippen LogP contribution in [-0.2, 0) is 0 Å². The Morgan fingerprint density at radius 1 is 1.12 bits per heavy atom. The van der Waals surface area contributed by atoms with Gasteiger partial charge in [0.1, 0.15) is 6.29 Å². The third kappa shape index (κ3) is 2.50. The van der Waals surface area contributed by atoms with Crippen LogP contribution in [0.5, 0.6) is 0 Å². The number of hydrogen-bond acceptors (Lipinski definition) is 2. The predicted octanol–water partition coefficient (Wildman–Crippen LogP) is 3.11. The summed E-state index contributed by atoms with van der Waals surface area (Å²) in [7, 11) is 0. The van der Waals surface area contributed by atoms with Crippen molar-refractivity contribution in [3.63, 3.8) is 0 Å². The summed E-state index contributed by atoms with van der Waals surface area (Å²) in [5, 5.41) is 10.2. The van der Waals surface area contributed by atoms with Crippen molar-refractivity contribution in [2.24, 2.45) is 5.92 Å². The van der Waals surface area contributed by atoms with Gasteiger partial charge in [-0.3, -0.25) is 4.79 Å². The highest BCUT2D eigenvalue weighted by Crippen LogP contribution is 2.34. The van der Waals surface area contributed by atoms with Crippen molar-refractivity contribution in [1.29, 1.82) is 0 Å². The highest BCUT2D eigenvalue weighted by Gasteiger charge is 2.22. The van der Waals surface area contributed by atoms with Crippen LogP contribution in [0.15, 0.2) is 24.3 Å². The molecule has 1 aromatic carbocycles. The molecule has 1 atom stereocenters. The fourth-order valence-corrected chi connectivity index (χ4v) is 2.49. The first-order chi connectivity index (χ1) is 7.81. The van der Waals surface area contributed by atoms with E-state index in [1.807, 2.05) is 12.1 Å². The standard InChI is InChI=1S/C14H18O2/c15-10-11-6-8-13(9-7-11)14(16)12-4-2-1-3-5-12/h6-10,12,14,16H,1-5H2. The number of rotatable bonds is 3. The van der Waals surface area contributed by atoms with Crippen molar-refractivity contribution < 1.29 is 9.90 Å². The lowest BCUT2D eigenvalue weighted by Crippen LogP contribution is -2.15. The highest BCUT2D eigenvalue weighted by atomic mass is 16.3. The Kier molecular flexibility index (Phi) is 3.73. The molecule has 1 aliphatic carbocycles. The minimum absolute atomic E-state index is 0.360. The Bertz CT molecular complexity index is 336. The van der Waals surface area contributed by atoms with Gasteiger partial charge in [0.05, 0.1) is 6.10 Å². The van der Waals surface area contributed by atoms with Gasteiger partial charge in [0.25, 0.3) is 0 Å². The summed E-state index contributed by atoms with van der Waals surface area (Å²) in [6.45, 7) is 0. The minimum atomic E-state index is -0.360. The van der Waals surface area contributed by atoms with E-state index in [-0.39, 0.29) is 6.10 Å². The number of carbonyl (C=O) groups is 1. The highest BCUT2D eigenvalue weighted by molar-refractivity contribution is 5.74. The number of benzene rings is 1. The largest absolute Gasteiger partial charge is 0.388 e. The van der Waals surface area contributed by atoms with Gasteiger partial charge >= 0.3 is 0 Å². The van der Waals surface area contributed by atoms with Crippen LogP contribution in [0.1, 0.15) is 54.1 Å². The Morgan fingerprint density at radius 2 is 1.75 bits per heavy atom. The van der Waals surface area contributed by atoms with E-state index >= 15 is 0 Å². The van der Waals surface area contributed by atoms with Crippen molar-refractivity contribution in [2.75, 3.05) is 0 Å². The molecule has 0 aliphatic heterocycles. The second kappa shape index (κ2) is 5.26. The Balaban J connectivity index is 2.06. The molecule has 16 heavy (non-hydrogen) atoms. The molecule has 1 fully saturated rings. The molecule has 1 unspecified atom stereocenters. The zero-order chi connectivity index (χ0) is 11.4. The van der Waals surface area contributed by atoms with Crippen LogP contribution in [0.25, 0.3) is 0 Å². The molecule has 1 aliphatic rings. The second-order valence-corrected chi connectivity index (χ2v) is 4.63. The van der Waals surface area contributed by atoms with Gasteiger partial charge in [-0.1, -0.05) is 43.5 Å². The molecule has 1 saturated carbocycles. The SMILES string of the molecule is O=Cc1ccc(C(O)C2CCCCC2)cc1. The van der Waals surface area contributed by atoms with Crippen LogP contribution in [0, 0.1) is 5.92 Å². The van der Waals surface area contributed by atoms with Crippen molar-refractivity contribution in [3.8, 4) is 0 Å². The van der Waals surface area contributed by atoms with E-state index in [1.165, 1.54) is 19.3 Å². The molecule has 86 valence electrons. The fourth-order valence-electron chi connectivity index (χ4n) is 2.49. The van der Waals surface area contributed by atoms with E-state index in [4.69, 9.17) is 0 Å². The molecule has 2 nitrogen and oxygen atoms in total. The predicted molar refractivity (Wildman–Crippen MR) is 63.4 cm³/mol. The van der Waals surface area contributed by atoms with Gasteiger partial charge in [0, 0.05) is 5.56 Å². The lowest BCUT2D eigenvalue weighted by atomic mass is 9.83. The van der Waals surface area contributed by atoms with E-state index in [0.717, 1.165) is 24.7 Å². The third-order valence-corrected chi connectivity index (χ3v) is 3.51. The molecule has 0 aromatic heterocycles. The Hall–Kier alpha value is -1.15. The third-order valence-electron chi connectivity index (χ3n) is 3.51. The summed E-state index contributed by atoms with van der Waals surface area (Å²) >= 11 is 0. The van der Waals surface area contributed by atoms with Crippen molar-refractivity contribution >= 4 is 6.29 Å². The molecule has 0 amide bonds. The molecule has 0 bridgehead atoms. The van der Waals surface area contributed by atoms with Crippen LogP contribution >= 0.6 is 0 Å². The average Bonchev–Trinajstić information content (AvgIpc) is 2.39. The van der Waals surface area contributed by atoms with E-state index < -0.39 is 0 Å². The van der Waals surface area contributed by atoms with E-state index in [2.05, 4.69) is 0 Å². The minimum Gasteiger partial charge on any atom is -0.388 e. The lowest BCUT2D eigenvalue weighted by molar-refractivity contribution is 0.0848. The molecule has 0 radical (unpaired) electrons. The van der Waals surface area contributed by atoms with E-state index in [1.54, 1.807) is 12.1 Å². The molecule has 0 heterocycles. The number of hydrogen-bond donors (Lipinski definition) is 1. The summed E-state index contributed by atoms with van der Waals surface area (Å²) in [4.78, 5) is 10.5. The molecule has 1 aromatic rings. The maximum absolute atomic E-state index is 10.5. The van der Waals surface area contributed by atoms with Gasteiger partial charge in [-0.2, -0.15) is 0 Å². The van der Waals surface area contributed by atoms with Crippen LogP contribution in [0.3, 0.4) is 0 Å². The topological polar surface area (TPSA) is 37.3 Å². The van der Waals surface area contributed by atoms with Crippen molar-refractivity contribution in [1.82, 2.24) is 0 Å². The first kappa shape index (κ1) is 11.3. The van der Waals surface area contributed by atoms with Crippen LogP contribution < -0.4 is 0 Å². The number of aliphatic hydroxyl groups is 1. The summed E-state index contributed by atoms with van der Waals surface area (Å²) in [5.41, 5.74) is 1.61. The van der Waals surface area contributed by atoms with Gasteiger partial charge in [-0.05, 0) is 24.3 Å². The van der Waals surface area contributed by atoms with Gasteiger partial charge in [-0.25, -0.2) is 0 Å². The first-order valence-electron chi connectivity index (χ1n) is 6.04. The van der Waals surface area contributed by atoms with Crippen molar-refractivity contribution in [3.05, 3.63) is 35.4 Å². The molecule has 0 saturated heterocycles. The van der Waals surface area contributed by atoms with Gasteiger partial charge in [-0.15, -0.1) is 0 Å². The molecule has 2 heteroatoms. The maximum atomic E-state index is 10.5. The zero-order valence-electron chi connectivity index (χ0n) is 9.43. The normalized spacial score (nSPS) is 19.3. The van der Waals surface area contributed by atoms with Crippen LogP contribution in [0.2, 0.25) is 0 Å². The van der Waals surface area contributed by atoms with Gasteiger partial charge in [0.15, 0.2) is 0 Å². The van der Waals surface area contributed by atoms with Crippen LogP contribution in [0.4, 0.5) is 0 Å². The first-order valence-corrected chi connectivity index (χ1v) is 6.04. The lowest BCUT2D eigenvalue weighted by Gasteiger charge is -2.26. The number of carbonyl (C=O) groups excluding carboxylic acids is 1. The second-order valence-electron chi connectivity index (χ2n) is 4.63. The van der Waals surface area contributed by atoms with E-state index in [9.17, 15) is 9.90 Å². The Morgan fingerprint density at radius 3 is 2.31 bits per heavy atom. The van der Waals surface area contributed by atoms with Gasteiger partial charge in [0.2, 0.25) is 0 Å². The summed E-state index contributed by atoms with van der Waals surface area (Å²) in [6.07, 6.45) is 6.47. The van der Waals surface area contributed by atoms with E-state index in [0.29, 0.717) is 11.5 Å². The van der Waals surface area contributed by atoms with Gasteiger partial charge < -0.3 is 5.11 Å². The van der Waals surface area contributed by atoms with Crippen LogP contribution in [-0.4, -0.2) is 11.4 Å². The molecule has 1 N–H and O–H groups in total. The Labute approximate surface area is 96.3 Å². The summed E-state index contributed by atoms with van der Waals surface area (Å²) in [6, 6.07) is 7.27. The number of aliphatic hydroxyl groups excluding tert-OH is 1. The smallest absolute Gasteiger partial charge is 0.150 e. The molecular weight excluding hydrogens is 200 g/mol. The zero-order valence-corrected chi connectivity index (χ0v) is 9.43.